The monoisotopic (exact) mass is 252 g/mol. The van der Waals surface area contributed by atoms with Crippen molar-refractivity contribution in [2.24, 2.45) is 5.92 Å². The molecule has 1 heterocycles. The van der Waals surface area contributed by atoms with Gasteiger partial charge in [0.15, 0.2) is 0 Å². The Bertz CT molecular complexity index is 439. The van der Waals surface area contributed by atoms with E-state index in [1.165, 1.54) is 12.1 Å². The van der Waals surface area contributed by atoms with Gasteiger partial charge in [0.2, 0.25) is 0 Å². The Morgan fingerprint density at radius 2 is 2.39 bits per heavy atom. The van der Waals surface area contributed by atoms with E-state index in [4.69, 9.17) is 5.11 Å². The molecule has 0 aromatic heterocycles. The number of nitrogens with zero attached hydrogens (tertiary/aromatic N) is 1. The van der Waals surface area contributed by atoms with E-state index in [0.717, 1.165) is 18.7 Å². The highest BCUT2D eigenvalue weighted by molar-refractivity contribution is 5.74. The number of hydrogen-bond donors (Lipinski definition) is 2. The van der Waals surface area contributed by atoms with Gasteiger partial charge in [0.25, 0.3) is 0 Å². The highest BCUT2D eigenvalue weighted by atomic mass is 19.1. The fourth-order valence-corrected chi connectivity index (χ4v) is 2.53. The zero-order valence-electron chi connectivity index (χ0n) is 10.3. The van der Waals surface area contributed by atoms with Crippen LogP contribution in [0.1, 0.15) is 6.42 Å². The number of carboxylic acid groups (broad SMARTS) is 1. The topological polar surface area (TPSA) is 52.6 Å². The predicted octanol–water partition coefficient (Wildman–Crippen LogP) is 1.32. The van der Waals surface area contributed by atoms with E-state index in [1.54, 1.807) is 13.1 Å². The van der Waals surface area contributed by atoms with Gasteiger partial charge in [-0.05, 0) is 31.7 Å². The van der Waals surface area contributed by atoms with Gasteiger partial charge in [0, 0.05) is 24.7 Å². The molecule has 2 rings (SSSR count). The van der Waals surface area contributed by atoms with Gasteiger partial charge in [-0.15, -0.1) is 0 Å². The van der Waals surface area contributed by atoms with Gasteiger partial charge in [-0.25, -0.2) is 4.39 Å². The van der Waals surface area contributed by atoms with Crippen molar-refractivity contribution in [2.45, 2.75) is 12.5 Å². The lowest BCUT2D eigenvalue weighted by molar-refractivity contribution is -0.140. The number of likely N-dealkylation sites (N-methyl/N-ethyl adjacent to an activating group) is 1. The van der Waals surface area contributed by atoms with Gasteiger partial charge in [0.05, 0.1) is 0 Å². The van der Waals surface area contributed by atoms with Crippen LogP contribution < -0.4 is 10.2 Å². The maximum atomic E-state index is 13.1. The fourth-order valence-electron chi connectivity index (χ4n) is 2.53. The van der Waals surface area contributed by atoms with E-state index in [0.29, 0.717) is 6.54 Å². The van der Waals surface area contributed by atoms with Gasteiger partial charge in [-0.2, -0.15) is 0 Å². The Hall–Kier alpha value is -1.62. The maximum Gasteiger partial charge on any atom is 0.321 e. The van der Waals surface area contributed by atoms with Crippen LogP contribution >= 0.6 is 0 Å². The minimum atomic E-state index is -0.830. The first-order valence-electron chi connectivity index (χ1n) is 6.02. The average Bonchev–Trinajstić information content (AvgIpc) is 2.79. The lowest BCUT2D eigenvalue weighted by atomic mass is 9.99. The van der Waals surface area contributed by atoms with Crippen LogP contribution in [0, 0.1) is 11.7 Å². The highest BCUT2D eigenvalue weighted by Crippen LogP contribution is 2.26. The zero-order valence-corrected chi connectivity index (χ0v) is 10.3. The van der Waals surface area contributed by atoms with Crippen molar-refractivity contribution >= 4 is 11.7 Å². The van der Waals surface area contributed by atoms with Crippen molar-refractivity contribution in [3.05, 3.63) is 30.1 Å². The third-order valence-electron chi connectivity index (χ3n) is 3.45. The molecule has 0 spiro atoms. The Morgan fingerprint density at radius 3 is 3.00 bits per heavy atom. The molecule has 2 N–H and O–H groups in total. The molecular formula is C13H17FN2O2. The molecule has 1 aliphatic heterocycles. The normalized spacial score (nSPS) is 21.0. The summed E-state index contributed by atoms with van der Waals surface area (Å²) in [6.07, 6.45) is 0.800. The molecule has 1 saturated heterocycles. The van der Waals surface area contributed by atoms with Crippen LogP contribution in [0.15, 0.2) is 24.3 Å². The molecule has 0 radical (unpaired) electrons. The summed E-state index contributed by atoms with van der Waals surface area (Å²) in [6.45, 7) is 1.40. The van der Waals surface area contributed by atoms with Crippen LogP contribution in [-0.2, 0) is 4.79 Å². The summed E-state index contributed by atoms with van der Waals surface area (Å²) in [7, 11) is 1.66. The molecule has 2 unspecified atom stereocenters. The first-order chi connectivity index (χ1) is 8.61. The first-order valence-corrected chi connectivity index (χ1v) is 6.02. The summed E-state index contributed by atoms with van der Waals surface area (Å²) in [4.78, 5) is 13.1. The van der Waals surface area contributed by atoms with Gasteiger partial charge >= 0.3 is 5.97 Å². The molecule has 1 fully saturated rings. The second kappa shape index (κ2) is 5.35. The van der Waals surface area contributed by atoms with E-state index in [2.05, 4.69) is 5.32 Å². The van der Waals surface area contributed by atoms with Crippen LogP contribution in [-0.4, -0.2) is 37.3 Å². The summed E-state index contributed by atoms with van der Waals surface area (Å²) in [5.74, 6) is -1.04. The zero-order chi connectivity index (χ0) is 13.1. The Labute approximate surface area is 105 Å². The first kappa shape index (κ1) is 12.8. The van der Waals surface area contributed by atoms with Crippen LogP contribution in [0.2, 0.25) is 0 Å². The van der Waals surface area contributed by atoms with Crippen LogP contribution in [0.25, 0.3) is 0 Å². The average molecular weight is 252 g/mol. The molecule has 2 atom stereocenters. The van der Waals surface area contributed by atoms with Crippen molar-refractivity contribution < 1.29 is 14.3 Å². The molecule has 0 aliphatic carbocycles. The molecule has 0 amide bonds. The second-order valence-electron chi connectivity index (χ2n) is 4.58. The number of nitrogens with one attached hydrogen (secondary N) is 1. The molecular weight excluding hydrogens is 235 g/mol. The van der Waals surface area contributed by atoms with E-state index in [1.807, 2.05) is 11.0 Å². The van der Waals surface area contributed by atoms with Crippen molar-refractivity contribution in [3.63, 3.8) is 0 Å². The lowest BCUT2D eigenvalue weighted by Gasteiger charge is -2.21. The van der Waals surface area contributed by atoms with E-state index >= 15 is 0 Å². The molecule has 18 heavy (non-hydrogen) atoms. The minimum Gasteiger partial charge on any atom is -0.480 e. The third kappa shape index (κ3) is 2.61. The molecule has 0 bridgehead atoms. The second-order valence-corrected chi connectivity index (χ2v) is 4.58. The quantitative estimate of drug-likeness (QED) is 0.848. The van der Waals surface area contributed by atoms with Gasteiger partial charge in [-0.1, -0.05) is 6.07 Å². The molecule has 1 aromatic carbocycles. The predicted molar refractivity (Wildman–Crippen MR) is 67.2 cm³/mol. The standard InChI is InChI=1S/C13H17FN2O2/c1-15-12(13(17)18)9-5-6-16(8-9)11-4-2-3-10(14)7-11/h2-4,7,9,12,15H,5-6,8H2,1H3,(H,17,18). The summed E-state index contributed by atoms with van der Waals surface area (Å²) < 4.78 is 13.1. The van der Waals surface area contributed by atoms with Crippen LogP contribution in [0.5, 0.6) is 0 Å². The third-order valence-corrected chi connectivity index (χ3v) is 3.45. The van der Waals surface area contributed by atoms with E-state index < -0.39 is 12.0 Å². The number of aliphatic carboxylic acids is 1. The summed E-state index contributed by atoms with van der Waals surface area (Å²) in [5, 5.41) is 11.9. The fraction of sp³-hybridized carbons (Fsp3) is 0.462. The molecule has 0 saturated carbocycles. The number of halogens is 1. The number of hydrogen-bond acceptors (Lipinski definition) is 3. The van der Waals surface area contributed by atoms with E-state index in [-0.39, 0.29) is 11.7 Å². The molecule has 1 aromatic rings. The molecule has 98 valence electrons. The number of rotatable bonds is 4. The summed E-state index contributed by atoms with van der Waals surface area (Å²) >= 11 is 0. The largest absolute Gasteiger partial charge is 0.480 e. The van der Waals surface area contributed by atoms with Gasteiger partial charge in [0.1, 0.15) is 11.9 Å². The molecule has 5 heteroatoms. The number of carboxylic acids is 1. The van der Waals surface area contributed by atoms with Crippen molar-refractivity contribution in [2.75, 3.05) is 25.0 Å². The lowest BCUT2D eigenvalue weighted by Crippen LogP contribution is -2.42. The Kier molecular flexibility index (Phi) is 3.81. The Balaban J connectivity index is 2.06. The highest BCUT2D eigenvalue weighted by Gasteiger charge is 2.32. The summed E-state index contributed by atoms with van der Waals surface area (Å²) in [6, 6.07) is 5.87. The SMILES string of the molecule is CNC(C(=O)O)C1CCN(c2cccc(F)c2)C1. The van der Waals surface area contributed by atoms with Gasteiger partial charge < -0.3 is 15.3 Å². The molecule has 1 aliphatic rings. The number of benzene rings is 1. The number of carbonyl (C=O) groups is 1. The van der Waals surface area contributed by atoms with Crippen molar-refractivity contribution in [3.8, 4) is 0 Å². The van der Waals surface area contributed by atoms with Crippen molar-refractivity contribution in [1.82, 2.24) is 5.32 Å². The Morgan fingerprint density at radius 1 is 1.61 bits per heavy atom. The molecule has 4 nitrogen and oxygen atoms in total. The maximum absolute atomic E-state index is 13.1. The van der Waals surface area contributed by atoms with E-state index in [9.17, 15) is 9.18 Å². The van der Waals surface area contributed by atoms with Crippen LogP contribution in [0.4, 0.5) is 10.1 Å². The minimum absolute atomic E-state index is 0.0516. The van der Waals surface area contributed by atoms with Crippen molar-refractivity contribution in [1.29, 1.82) is 0 Å². The summed E-state index contributed by atoms with van der Waals surface area (Å²) in [5.41, 5.74) is 0.817. The van der Waals surface area contributed by atoms with Crippen LogP contribution in [0.3, 0.4) is 0 Å². The smallest absolute Gasteiger partial charge is 0.321 e. The van der Waals surface area contributed by atoms with Gasteiger partial charge in [-0.3, -0.25) is 4.79 Å². The number of anilines is 1.